The Morgan fingerprint density at radius 3 is 2.62 bits per heavy atom. The van der Waals surface area contributed by atoms with E-state index in [1.165, 1.54) is 5.56 Å². The van der Waals surface area contributed by atoms with Crippen LogP contribution in [0.15, 0.2) is 21.8 Å². The van der Waals surface area contributed by atoms with Gasteiger partial charge in [-0.1, -0.05) is 19.8 Å². The van der Waals surface area contributed by atoms with Gasteiger partial charge in [0.15, 0.2) is 5.96 Å². The molecule has 0 bridgehead atoms. The first-order valence-corrected chi connectivity index (χ1v) is 9.61. The van der Waals surface area contributed by atoms with E-state index in [2.05, 4.69) is 39.4 Å². The molecule has 0 radical (unpaired) electrons. The highest BCUT2D eigenvalue weighted by molar-refractivity contribution is 7.07. The second kappa shape index (κ2) is 8.51. The quantitative estimate of drug-likeness (QED) is 0.613. The molecule has 1 aliphatic carbocycles. The Kier molecular flexibility index (Phi) is 6.66. The first-order valence-electron chi connectivity index (χ1n) is 8.67. The van der Waals surface area contributed by atoms with E-state index in [-0.39, 0.29) is 11.3 Å². The third kappa shape index (κ3) is 4.50. The number of nitrogens with one attached hydrogen (secondary N) is 2. The van der Waals surface area contributed by atoms with Crippen LogP contribution in [0.5, 0.6) is 0 Å². The van der Waals surface area contributed by atoms with Crippen molar-refractivity contribution in [1.29, 1.82) is 0 Å². The lowest BCUT2D eigenvalue weighted by atomic mass is 9.84. The number of guanidine groups is 1. The van der Waals surface area contributed by atoms with E-state index in [1.807, 2.05) is 14.1 Å². The molecule has 1 aromatic heterocycles. The highest BCUT2D eigenvalue weighted by atomic mass is 32.1. The molecule has 0 saturated heterocycles. The van der Waals surface area contributed by atoms with Crippen molar-refractivity contribution in [2.24, 2.45) is 10.4 Å². The number of thiophene rings is 1. The highest BCUT2D eigenvalue weighted by Crippen LogP contribution is 2.38. The van der Waals surface area contributed by atoms with Gasteiger partial charge in [-0.3, -0.25) is 9.79 Å². The van der Waals surface area contributed by atoms with E-state index in [9.17, 15) is 4.79 Å². The first-order chi connectivity index (χ1) is 11.5. The molecule has 1 aromatic rings. The van der Waals surface area contributed by atoms with E-state index in [0.717, 1.165) is 38.2 Å². The molecule has 5 nitrogen and oxygen atoms in total. The average Bonchev–Trinajstić information content (AvgIpc) is 3.26. The third-order valence-corrected chi connectivity index (χ3v) is 5.63. The number of amides is 1. The highest BCUT2D eigenvalue weighted by Gasteiger charge is 2.42. The van der Waals surface area contributed by atoms with Crippen LogP contribution in [-0.4, -0.2) is 51.0 Å². The van der Waals surface area contributed by atoms with E-state index >= 15 is 0 Å². The van der Waals surface area contributed by atoms with Crippen LogP contribution in [-0.2, 0) is 4.79 Å². The summed E-state index contributed by atoms with van der Waals surface area (Å²) < 4.78 is 0. The third-order valence-electron chi connectivity index (χ3n) is 4.93. The minimum absolute atomic E-state index is 0.231. The van der Waals surface area contributed by atoms with Gasteiger partial charge in [-0.05, 0) is 41.1 Å². The molecule has 1 atom stereocenters. The number of hydrogen-bond acceptors (Lipinski definition) is 3. The van der Waals surface area contributed by atoms with Gasteiger partial charge in [-0.15, -0.1) is 0 Å². The summed E-state index contributed by atoms with van der Waals surface area (Å²) in [4.78, 5) is 18.7. The van der Waals surface area contributed by atoms with Crippen molar-refractivity contribution in [1.82, 2.24) is 15.5 Å². The molecule has 24 heavy (non-hydrogen) atoms. The molecule has 2 N–H and O–H groups in total. The molecule has 1 saturated carbocycles. The summed E-state index contributed by atoms with van der Waals surface area (Å²) in [6, 6.07) is 2.16. The van der Waals surface area contributed by atoms with Crippen LogP contribution in [0, 0.1) is 5.41 Å². The van der Waals surface area contributed by atoms with Crippen molar-refractivity contribution < 1.29 is 4.79 Å². The Labute approximate surface area is 149 Å². The van der Waals surface area contributed by atoms with Crippen molar-refractivity contribution >= 4 is 23.2 Å². The van der Waals surface area contributed by atoms with Crippen molar-refractivity contribution in [3.63, 3.8) is 0 Å². The van der Waals surface area contributed by atoms with Crippen LogP contribution < -0.4 is 10.6 Å². The van der Waals surface area contributed by atoms with Crippen LogP contribution in [0.4, 0.5) is 0 Å². The molecular formula is C18H30N4OS. The predicted molar refractivity (Wildman–Crippen MR) is 102 cm³/mol. The number of aliphatic imine (C=N–C) groups is 1. The molecule has 0 aromatic carbocycles. The summed E-state index contributed by atoms with van der Waals surface area (Å²) in [5.74, 6) is 1.43. The van der Waals surface area contributed by atoms with Gasteiger partial charge < -0.3 is 15.5 Å². The standard InChI is InChI=1S/C18H30N4OS/c1-14(15-7-10-24-12-15)11-20-17(19-2)21-13-18(8-5-6-9-18)16(23)22(3)4/h7,10,12,14H,5-6,8-9,11,13H2,1-4H3,(H2,19,20,21). The van der Waals surface area contributed by atoms with E-state index in [1.54, 1.807) is 23.3 Å². The molecule has 2 rings (SSSR count). The van der Waals surface area contributed by atoms with Crippen LogP contribution in [0.1, 0.15) is 44.1 Å². The van der Waals surface area contributed by atoms with Gasteiger partial charge in [0.05, 0.1) is 5.41 Å². The fourth-order valence-electron chi connectivity index (χ4n) is 3.39. The largest absolute Gasteiger partial charge is 0.356 e. The fourth-order valence-corrected chi connectivity index (χ4v) is 4.17. The smallest absolute Gasteiger partial charge is 0.230 e. The number of carbonyl (C=O) groups excluding carboxylic acids is 1. The van der Waals surface area contributed by atoms with Crippen LogP contribution in [0.2, 0.25) is 0 Å². The summed E-state index contributed by atoms with van der Waals surface area (Å²) in [6.07, 6.45) is 4.17. The summed E-state index contributed by atoms with van der Waals surface area (Å²) >= 11 is 1.72. The zero-order valence-corrected chi connectivity index (χ0v) is 16.1. The lowest BCUT2D eigenvalue weighted by Crippen LogP contribution is -2.49. The Balaban J connectivity index is 1.89. The SMILES string of the molecule is CN=C(NCC(C)c1ccsc1)NCC1(C(=O)N(C)C)CCCC1. The molecule has 6 heteroatoms. The molecule has 1 unspecified atom stereocenters. The minimum atomic E-state index is -0.278. The average molecular weight is 351 g/mol. The summed E-state index contributed by atoms with van der Waals surface area (Å²) in [5.41, 5.74) is 1.07. The number of hydrogen-bond donors (Lipinski definition) is 2. The molecule has 1 amide bonds. The molecule has 1 fully saturated rings. The van der Waals surface area contributed by atoms with Gasteiger partial charge >= 0.3 is 0 Å². The zero-order valence-electron chi connectivity index (χ0n) is 15.3. The van der Waals surface area contributed by atoms with Gasteiger partial charge in [0.25, 0.3) is 0 Å². The lowest BCUT2D eigenvalue weighted by molar-refractivity contribution is -0.138. The van der Waals surface area contributed by atoms with Gasteiger partial charge in [-0.25, -0.2) is 0 Å². The van der Waals surface area contributed by atoms with Crippen molar-refractivity contribution in [2.45, 2.75) is 38.5 Å². The van der Waals surface area contributed by atoms with E-state index in [4.69, 9.17) is 0 Å². The maximum atomic E-state index is 12.6. The number of rotatable bonds is 6. The molecule has 134 valence electrons. The Bertz CT molecular complexity index is 547. The number of carbonyl (C=O) groups is 1. The predicted octanol–water partition coefficient (Wildman–Crippen LogP) is 2.67. The maximum absolute atomic E-state index is 12.6. The minimum Gasteiger partial charge on any atom is -0.356 e. The second-order valence-corrected chi connectivity index (χ2v) is 7.73. The molecule has 1 aliphatic rings. The Hall–Kier alpha value is -1.56. The molecule has 0 aliphatic heterocycles. The van der Waals surface area contributed by atoms with Crippen molar-refractivity contribution in [3.05, 3.63) is 22.4 Å². The van der Waals surface area contributed by atoms with E-state index < -0.39 is 0 Å². The summed E-state index contributed by atoms with van der Waals surface area (Å²) in [5, 5.41) is 11.1. The monoisotopic (exact) mass is 350 g/mol. The fraction of sp³-hybridized carbons (Fsp3) is 0.667. The Morgan fingerprint density at radius 1 is 1.38 bits per heavy atom. The first kappa shape index (κ1) is 18.8. The maximum Gasteiger partial charge on any atom is 0.230 e. The zero-order chi connectivity index (χ0) is 17.6. The molecule has 1 heterocycles. The summed E-state index contributed by atoms with van der Waals surface area (Å²) in [6.45, 7) is 3.68. The topological polar surface area (TPSA) is 56.7 Å². The molecular weight excluding hydrogens is 320 g/mol. The van der Waals surface area contributed by atoms with Crippen molar-refractivity contribution in [3.8, 4) is 0 Å². The van der Waals surface area contributed by atoms with Crippen LogP contribution in [0.3, 0.4) is 0 Å². The van der Waals surface area contributed by atoms with Gasteiger partial charge in [0, 0.05) is 34.2 Å². The van der Waals surface area contributed by atoms with Crippen molar-refractivity contribution in [2.75, 3.05) is 34.2 Å². The van der Waals surface area contributed by atoms with Crippen LogP contribution in [0.25, 0.3) is 0 Å². The van der Waals surface area contributed by atoms with Crippen LogP contribution >= 0.6 is 11.3 Å². The lowest BCUT2D eigenvalue weighted by Gasteiger charge is -2.31. The van der Waals surface area contributed by atoms with Gasteiger partial charge in [0.2, 0.25) is 5.91 Å². The second-order valence-electron chi connectivity index (χ2n) is 6.95. The Morgan fingerprint density at radius 2 is 2.08 bits per heavy atom. The van der Waals surface area contributed by atoms with Gasteiger partial charge in [0.1, 0.15) is 0 Å². The van der Waals surface area contributed by atoms with E-state index in [0.29, 0.717) is 12.5 Å². The molecule has 0 spiro atoms. The summed E-state index contributed by atoms with van der Waals surface area (Å²) in [7, 11) is 5.47. The van der Waals surface area contributed by atoms with Gasteiger partial charge in [-0.2, -0.15) is 11.3 Å². The normalized spacial score (nSPS) is 18.2. The number of nitrogens with zero attached hydrogens (tertiary/aromatic N) is 2.